The highest BCUT2D eigenvalue weighted by atomic mass is 14.4. The quantitative estimate of drug-likeness (QED) is 0.402. The molecule has 2 atom stereocenters. The van der Waals surface area contributed by atoms with Crippen molar-refractivity contribution < 1.29 is 0 Å². The Morgan fingerprint density at radius 2 is 1.20 bits per heavy atom. The highest BCUT2D eigenvalue weighted by Gasteiger charge is 2.36. The fourth-order valence-corrected chi connectivity index (χ4v) is 6.14. The summed E-state index contributed by atoms with van der Waals surface area (Å²) in [6.07, 6.45) is 30.2. The predicted molar refractivity (Wildman–Crippen MR) is 113 cm³/mol. The van der Waals surface area contributed by atoms with Crippen molar-refractivity contribution in [1.29, 1.82) is 0 Å². The van der Waals surface area contributed by atoms with Gasteiger partial charge in [-0.05, 0) is 42.9 Å². The minimum absolute atomic E-state index is 0.719. The fraction of sp³-hybridized carbons (Fsp3) is 1.00. The average molecular weight is 349 g/mol. The summed E-state index contributed by atoms with van der Waals surface area (Å²) in [5, 5.41) is 0. The molecule has 0 aliphatic heterocycles. The second-order valence-electron chi connectivity index (χ2n) is 9.70. The molecule has 0 bridgehead atoms. The Kier molecular flexibility index (Phi) is 10.6. The highest BCUT2D eigenvalue weighted by Crippen LogP contribution is 2.48. The molecule has 25 heavy (non-hydrogen) atoms. The van der Waals surface area contributed by atoms with Crippen LogP contribution in [0.2, 0.25) is 0 Å². The molecule has 2 aliphatic carbocycles. The van der Waals surface area contributed by atoms with Crippen LogP contribution in [0.1, 0.15) is 142 Å². The van der Waals surface area contributed by atoms with Gasteiger partial charge in [-0.3, -0.25) is 0 Å². The van der Waals surface area contributed by atoms with Crippen LogP contribution in [0, 0.1) is 17.3 Å². The van der Waals surface area contributed by atoms with Crippen LogP contribution in [-0.4, -0.2) is 0 Å². The number of hydrogen-bond donors (Lipinski definition) is 0. The first-order chi connectivity index (χ1) is 12.3. The SMILES string of the molecule is CCCCCC1(CC2CCCC2CC)CCCCCCCCCCC1. The smallest absolute Gasteiger partial charge is 0.0295 e. The number of hydrogen-bond acceptors (Lipinski definition) is 0. The van der Waals surface area contributed by atoms with Crippen LogP contribution in [0.4, 0.5) is 0 Å². The van der Waals surface area contributed by atoms with Gasteiger partial charge in [0, 0.05) is 0 Å². The van der Waals surface area contributed by atoms with Crippen molar-refractivity contribution in [1.82, 2.24) is 0 Å². The van der Waals surface area contributed by atoms with Gasteiger partial charge in [-0.2, -0.15) is 0 Å². The predicted octanol–water partition coefficient (Wildman–Crippen LogP) is 9.07. The summed E-state index contributed by atoms with van der Waals surface area (Å²) >= 11 is 0. The first kappa shape index (κ1) is 21.3. The maximum Gasteiger partial charge on any atom is -0.0295 e. The molecule has 0 amide bonds. The first-order valence-electron chi connectivity index (χ1n) is 12.3. The molecule has 0 N–H and O–H groups in total. The molecule has 2 saturated carbocycles. The zero-order valence-corrected chi connectivity index (χ0v) is 17.8. The van der Waals surface area contributed by atoms with E-state index in [1.165, 1.54) is 96.3 Å². The molecule has 148 valence electrons. The Morgan fingerprint density at radius 3 is 1.76 bits per heavy atom. The van der Waals surface area contributed by atoms with E-state index < -0.39 is 0 Å². The van der Waals surface area contributed by atoms with E-state index in [0.717, 1.165) is 17.3 Å². The van der Waals surface area contributed by atoms with Gasteiger partial charge in [-0.1, -0.05) is 117 Å². The Bertz CT molecular complexity index is 306. The van der Waals surface area contributed by atoms with Crippen LogP contribution >= 0.6 is 0 Å². The minimum atomic E-state index is 0.719. The van der Waals surface area contributed by atoms with Gasteiger partial charge < -0.3 is 0 Å². The molecule has 2 unspecified atom stereocenters. The third-order valence-electron chi connectivity index (χ3n) is 7.76. The van der Waals surface area contributed by atoms with Crippen LogP contribution in [0.5, 0.6) is 0 Å². The normalized spacial score (nSPS) is 29.0. The lowest BCUT2D eigenvalue weighted by Crippen LogP contribution is -2.26. The molecular formula is C25H48. The molecule has 0 nitrogen and oxygen atoms in total. The van der Waals surface area contributed by atoms with Crippen molar-refractivity contribution in [2.24, 2.45) is 17.3 Å². The van der Waals surface area contributed by atoms with Gasteiger partial charge in [0.15, 0.2) is 0 Å². The summed E-state index contributed by atoms with van der Waals surface area (Å²) < 4.78 is 0. The molecule has 0 saturated heterocycles. The molecule has 0 aromatic carbocycles. The number of rotatable bonds is 7. The molecule has 2 aliphatic rings. The summed E-state index contributed by atoms with van der Waals surface area (Å²) in [6.45, 7) is 4.82. The Labute approximate surface area is 159 Å². The molecule has 0 radical (unpaired) electrons. The van der Waals surface area contributed by atoms with E-state index in [0.29, 0.717) is 0 Å². The van der Waals surface area contributed by atoms with E-state index in [1.54, 1.807) is 32.1 Å². The second-order valence-corrected chi connectivity index (χ2v) is 9.70. The van der Waals surface area contributed by atoms with Crippen LogP contribution in [0.15, 0.2) is 0 Å². The van der Waals surface area contributed by atoms with Crippen molar-refractivity contribution in [3.63, 3.8) is 0 Å². The van der Waals surface area contributed by atoms with E-state index in [9.17, 15) is 0 Å². The molecule has 0 heterocycles. The van der Waals surface area contributed by atoms with Gasteiger partial charge in [0.1, 0.15) is 0 Å². The molecule has 0 spiro atoms. The second kappa shape index (κ2) is 12.4. The molecular weight excluding hydrogens is 300 g/mol. The Morgan fingerprint density at radius 1 is 0.640 bits per heavy atom. The lowest BCUT2D eigenvalue weighted by molar-refractivity contribution is 0.129. The summed E-state index contributed by atoms with van der Waals surface area (Å²) in [5.41, 5.74) is 0.719. The van der Waals surface area contributed by atoms with Crippen molar-refractivity contribution in [3.8, 4) is 0 Å². The largest absolute Gasteiger partial charge is 0.0654 e. The van der Waals surface area contributed by atoms with Crippen molar-refractivity contribution in [2.45, 2.75) is 142 Å². The summed E-state index contributed by atoms with van der Waals surface area (Å²) in [4.78, 5) is 0. The summed E-state index contributed by atoms with van der Waals surface area (Å²) in [5.74, 6) is 2.13. The van der Waals surface area contributed by atoms with Crippen molar-refractivity contribution in [3.05, 3.63) is 0 Å². The summed E-state index contributed by atoms with van der Waals surface area (Å²) in [7, 11) is 0. The van der Waals surface area contributed by atoms with Gasteiger partial charge >= 0.3 is 0 Å². The maximum absolute atomic E-state index is 2.45. The standard InChI is InChI=1S/C25H48/c1-3-5-13-19-25(22-24-18-16-17-23(24)4-2)20-14-11-9-7-6-8-10-12-15-21-25/h23-24H,3-22H2,1-2H3. The van der Waals surface area contributed by atoms with E-state index in [2.05, 4.69) is 13.8 Å². The van der Waals surface area contributed by atoms with E-state index in [1.807, 2.05) is 0 Å². The lowest BCUT2D eigenvalue weighted by atomic mass is 9.67. The minimum Gasteiger partial charge on any atom is -0.0654 e. The first-order valence-corrected chi connectivity index (χ1v) is 12.3. The number of unbranched alkanes of at least 4 members (excludes halogenated alkanes) is 2. The zero-order valence-electron chi connectivity index (χ0n) is 17.8. The third kappa shape index (κ3) is 7.64. The van der Waals surface area contributed by atoms with Crippen LogP contribution in [0.3, 0.4) is 0 Å². The molecule has 0 aromatic heterocycles. The summed E-state index contributed by atoms with van der Waals surface area (Å²) in [6, 6.07) is 0. The van der Waals surface area contributed by atoms with E-state index >= 15 is 0 Å². The molecule has 0 heteroatoms. The lowest BCUT2D eigenvalue weighted by Gasteiger charge is -2.39. The Balaban J connectivity index is 2.01. The molecule has 2 fully saturated rings. The zero-order chi connectivity index (χ0) is 17.8. The van der Waals surface area contributed by atoms with Gasteiger partial charge in [-0.25, -0.2) is 0 Å². The van der Waals surface area contributed by atoms with Gasteiger partial charge in [-0.15, -0.1) is 0 Å². The Hall–Kier alpha value is 0. The molecule has 0 aromatic rings. The van der Waals surface area contributed by atoms with Gasteiger partial charge in [0.2, 0.25) is 0 Å². The molecule has 2 rings (SSSR count). The topological polar surface area (TPSA) is 0 Å². The van der Waals surface area contributed by atoms with E-state index in [-0.39, 0.29) is 0 Å². The van der Waals surface area contributed by atoms with Gasteiger partial charge in [0.05, 0.1) is 0 Å². The van der Waals surface area contributed by atoms with Crippen LogP contribution in [0.25, 0.3) is 0 Å². The van der Waals surface area contributed by atoms with Crippen LogP contribution in [-0.2, 0) is 0 Å². The highest BCUT2D eigenvalue weighted by molar-refractivity contribution is 4.87. The van der Waals surface area contributed by atoms with E-state index in [4.69, 9.17) is 0 Å². The van der Waals surface area contributed by atoms with Crippen molar-refractivity contribution in [2.75, 3.05) is 0 Å². The van der Waals surface area contributed by atoms with Crippen LogP contribution < -0.4 is 0 Å². The van der Waals surface area contributed by atoms with Crippen molar-refractivity contribution >= 4 is 0 Å². The monoisotopic (exact) mass is 348 g/mol. The fourth-order valence-electron chi connectivity index (χ4n) is 6.14. The van der Waals surface area contributed by atoms with Gasteiger partial charge in [0.25, 0.3) is 0 Å². The maximum atomic E-state index is 2.45. The average Bonchev–Trinajstić information content (AvgIpc) is 3.05. The third-order valence-corrected chi connectivity index (χ3v) is 7.76.